The molecule has 9 heteroatoms. The summed E-state index contributed by atoms with van der Waals surface area (Å²) in [5, 5.41) is 6.34. The average molecular weight is 526 g/mol. The summed E-state index contributed by atoms with van der Waals surface area (Å²) in [4.78, 5) is 24.1. The Balaban J connectivity index is 1.60. The van der Waals surface area contributed by atoms with Gasteiger partial charge >= 0.3 is 11.8 Å². The van der Waals surface area contributed by atoms with E-state index in [-0.39, 0.29) is 0 Å². The van der Waals surface area contributed by atoms with Gasteiger partial charge in [-0.15, -0.1) is 0 Å². The van der Waals surface area contributed by atoms with Crippen LogP contribution in [0, 0.1) is 6.92 Å². The van der Waals surface area contributed by atoms with Crippen LogP contribution < -0.4 is 25.0 Å². The summed E-state index contributed by atoms with van der Waals surface area (Å²) in [5.74, 6) is -0.0769. The molecule has 0 spiro atoms. The molecule has 2 amide bonds. The first-order valence-electron chi connectivity index (χ1n) is 10.2. The number of methoxy groups -OCH3 is 2. The van der Waals surface area contributed by atoms with E-state index in [0.29, 0.717) is 39.6 Å². The molecule has 0 radical (unpaired) electrons. The smallest absolute Gasteiger partial charge is 0.329 e. The fourth-order valence-electron chi connectivity index (χ4n) is 2.87. The summed E-state index contributed by atoms with van der Waals surface area (Å²) in [7, 11) is 3.08. The van der Waals surface area contributed by atoms with Crippen LogP contribution in [0.25, 0.3) is 0 Å². The highest BCUT2D eigenvalue weighted by atomic mass is 79.9. The minimum absolute atomic E-state index is 0.377. The minimum Gasteiger partial charge on any atom is -0.497 e. The number of hydrazone groups is 1. The zero-order chi connectivity index (χ0) is 24.5. The van der Waals surface area contributed by atoms with E-state index in [4.69, 9.17) is 14.2 Å². The monoisotopic (exact) mass is 525 g/mol. The second-order valence-corrected chi connectivity index (χ2v) is 8.04. The summed E-state index contributed by atoms with van der Waals surface area (Å²) in [6.45, 7) is 2.41. The molecule has 176 valence electrons. The molecule has 34 heavy (non-hydrogen) atoms. The largest absolute Gasteiger partial charge is 0.497 e. The van der Waals surface area contributed by atoms with E-state index in [1.165, 1.54) is 18.9 Å². The first-order valence-corrected chi connectivity index (χ1v) is 11.0. The number of halogens is 1. The Bertz CT molecular complexity index is 1180. The van der Waals surface area contributed by atoms with Crippen LogP contribution in [0.4, 0.5) is 5.69 Å². The van der Waals surface area contributed by atoms with E-state index in [2.05, 4.69) is 31.8 Å². The van der Waals surface area contributed by atoms with Crippen LogP contribution in [0.3, 0.4) is 0 Å². The van der Waals surface area contributed by atoms with Crippen LogP contribution in [0.2, 0.25) is 0 Å². The lowest BCUT2D eigenvalue weighted by molar-refractivity contribution is -0.136. The van der Waals surface area contributed by atoms with E-state index >= 15 is 0 Å². The Labute approximate surface area is 206 Å². The number of benzene rings is 3. The van der Waals surface area contributed by atoms with E-state index < -0.39 is 11.8 Å². The van der Waals surface area contributed by atoms with Crippen LogP contribution in [0.5, 0.6) is 17.2 Å². The van der Waals surface area contributed by atoms with Gasteiger partial charge in [0, 0.05) is 5.69 Å². The van der Waals surface area contributed by atoms with Gasteiger partial charge in [0.2, 0.25) is 0 Å². The van der Waals surface area contributed by atoms with Crippen molar-refractivity contribution in [2.75, 3.05) is 19.5 Å². The van der Waals surface area contributed by atoms with Crippen LogP contribution in [-0.4, -0.2) is 32.2 Å². The third kappa shape index (κ3) is 6.82. The number of rotatable bonds is 8. The number of amides is 2. The van der Waals surface area contributed by atoms with E-state index in [1.807, 2.05) is 31.2 Å². The molecule has 0 fully saturated rings. The second kappa shape index (κ2) is 11.9. The van der Waals surface area contributed by atoms with Crippen molar-refractivity contribution >= 4 is 39.6 Å². The van der Waals surface area contributed by atoms with Gasteiger partial charge in [0.25, 0.3) is 0 Å². The number of anilines is 1. The molecule has 0 aromatic heterocycles. The molecule has 0 heterocycles. The number of aryl methyl sites for hydroxylation is 1. The molecule has 3 aromatic carbocycles. The van der Waals surface area contributed by atoms with E-state index in [1.54, 1.807) is 43.5 Å². The van der Waals surface area contributed by atoms with Gasteiger partial charge in [-0.25, -0.2) is 5.43 Å². The van der Waals surface area contributed by atoms with Crippen LogP contribution >= 0.6 is 15.9 Å². The summed E-state index contributed by atoms with van der Waals surface area (Å²) >= 11 is 3.49. The molecule has 0 unspecified atom stereocenters. The molecule has 0 aliphatic carbocycles. The minimum atomic E-state index is -0.906. The fraction of sp³-hybridized carbons (Fsp3) is 0.160. The normalized spacial score (nSPS) is 10.6. The lowest BCUT2D eigenvalue weighted by Crippen LogP contribution is -2.32. The van der Waals surface area contributed by atoms with Crippen LogP contribution in [0.1, 0.15) is 16.7 Å². The zero-order valence-corrected chi connectivity index (χ0v) is 20.5. The predicted octanol–water partition coefficient (Wildman–Crippen LogP) is 4.44. The van der Waals surface area contributed by atoms with Crippen molar-refractivity contribution in [1.82, 2.24) is 5.43 Å². The van der Waals surface area contributed by atoms with Gasteiger partial charge in [0.05, 0.1) is 24.9 Å². The number of carbonyl (C=O) groups is 2. The van der Waals surface area contributed by atoms with Crippen molar-refractivity contribution in [3.05, 3.63) is 81.8 Å². The van der Waals surface area contributed by atoms with Crippen molar-refractivity contribution in [2.45, 2.75) is 13.5 Å². The van der Waals surface area contributed by atoms with E-state index in [9.17, 15) is 9.59 Å². The highest BCUT2D eigenvalue weighted by Gasteiger charge is 2.14. The van der Waals surface area contributed by atoms with Gasteiger partial charge in [-0.05, 0) is 70.4 Å². The molecule has 0 saturated heterocycles. The molecule has 0 bridgehead atoms. The molecule has 0 atom stereocenters. The van der Waals surface area contributed by atoms with Crippen molar-refractivity contribution in [2.24, 2.45) is 5.10 Å². The van der Waals surface area contributed by atoms with Gasteiger partial charge < -0.3 is 19.5 Å². The Morgan fingerprint density at radius 2 is 1.68 bits per heavy atom. The van der Waals surface area contributed by atoms with E-state index in [0.717, 1.165) is 5.56 Å². The third-order valence-electron chi connectivity index (χ3n) is 4.69. The molecule has 0 saturated carbocycles. The second-order valence-electron chi connectivity index (χ2n) is 7.19. The Hall–Kier alpha value is -3.85. The lowest BCUT2D eigenvalue weighted by atomic mass is 10.2. The maximum Gasteiger partial charge on any atom is 0.329 e. The van der Waals surface area contributed by atoms with Gasteiger partial charge in [-0.2, -0.15) is 5.10 Å². The SMILES string of the molecule is COc1ccc(NC(=O)C(=O)NN=Cc2cc(Br)c(OCc3ccc(C)cc3)c(OC)c2)cc1. The Morgan fingerprint density at radius 1 is 0.971 bits per heavy atom. The maximum atomic E-state index is 12.0. The highest BCUT2D eigenvalue weighted by Crippen LogP contribution is 2.36. The molecule has 3 rings (SSSR count). The predicted molar refractivity (Wildman–Crippen MR) is 134 cm³/mol. The number of carbonyl (C=O) groups excluding carboxylic acids is 2. The lowest BCUT2D eigenvalue weighted by Gasteiger charge is -2.13. The molecule has 8 nitrogen and oxygen atoms in total. The molecule has 0 aliphatic heterocycles. The highest BCUT2D eigenvalue weighted by molar-refractivity contribution is 9.10. The standard InChI is InChI=1S/C25H24BrN3O5/c1-16-4-6-17(7-5-16)15-34-23-21(26)12-18(13-22(23)33-3)14-27-29-25(31)24(30)28-19-8-10-20(32-2)11-9-19/h4-14H,15H2,1-3H3,(H,28,30)(H,29,31). The number of nitrogens with one attached hydrogen (secondary N) is 2. The third-order valence-corrected chi connectivity index (χ3v) is 5.28. The zero-order valence-electron chi connectivity index (χ0n) is 18.9. The topological polar surface area (TPSA) is 98.2 Å². The maximum absolute atomic E-state index is 12.0. The fourth-order valence-corrected chi connectivity index (χ4v) is 3.45. The first-order chi connectivity index (χ1) is 16.4. The summed E-state index contributed by atoms with van der Waals surface area (Å²) in [5.41, 5.74) is 5.49. The first kappa shape index (κ1) is 24.8. The quantitative estimate of drug-likeness (QED) is 0.257. The Morgan fingerprint density at radius 3 is 2.32 bits per heavy atom. The summed E-state index contributed by atoms with van der Waals surface area (Å²) in [6.07, 6.45) is 1.40. The van der Waals surface area contributed by atoms with Crippen molar-refractivity contribution in [1.29, 1.82) is 0 Å². The van der Waals surface area contributed by atoms with Gasteiger partial charge in [-0.1, -0.05) is 29.8 Å². The van der Waals surface area contributed by atoms with Crippen molar-refractivity contribution < 1.29 is 23.8 Å². The van der Waals surface area contributed by atoms with Crippen LogP contribution in [-0.2, 0) is 16.2 Å². The molecular weight excluding hydrogens is 502 g/mol. The molecule has 0 aliphatic rings. The van der Waals surface area contributed by atoms with Gasteiger partial charge in [-0.3, -0.25) is 9.59 Å². The molecule has 2 N–H and O–H groups in total. The number of ether oxygens (including phenoxy) is 3. The van der Waals surface area contributed by atoms with Crippen LogP contribution in [0.15, 0.2) is 70.2 Å². The van der Waals surface area contributed by atoms with Crippen molar-refractivity contribution in [3.8, 4) is 17.2 Å². The van der Waals surface area contributed by atoms with Gasteiger partial charge in [0.15, 0.2) is 11.5 Å². The average Bonchev–Trinajstić information content (AvgIpc) is 2.84. The molecule has 3 aromatic rings. The number of hydrogen-bond donors (Lipinski definition) is 2. The Kier molecular flexibility index (Phi) is 8.64. The van der Waals surface area contributed by atoms with Gasteiger partial charge in [0.1, 0.15) is 12.4 Å². The van der Waals surface area contributed by atoms with Crippen molar-refractivity contribution in [3.63, 3.8) is 0 Å². The number of hydrogen-bond acceptors (Lipinski definition) is 6. The number of nitrogens with zero attached hydrogens (tertiary/aromatic N) is 1. The summed E-state index contributed by atoms with van der Waals surface area (Å²) < 4.78 is 17.1. The molecular formula is C25H24BrN3O5. The summed E-state index contributed by atoms with van der Waals surface area (Å²) in [6, 6.07) is 18.1.